The van der Waals surface area contributed by atoms with E-state index in [2.05, 4.69) is 19.9 Å². The van der Waals surface area contributed by atoms with Crippen LogP contribution in [0.3, 0.4) is 0 Å². The van der Waals surface area contributed by atoms with Crippen molar-refractivity contribution >= 4 is 17.7 Å². The van der Waals surface area contributed by atoms with Crippen molar-refractivity contribution in [1.82, 2.24) is 4.90 Å². The third-order valence-electron chi connectivity index (χ3n) is 6.91. The summed E-state index contributed by atoms with van der Waals surface area (Å²) in [7, 11) is 0. The van der Waals surface area contributed by atoms with Gasteiger partial charge in [-0.15, -0.1) is 0 Å². The lowest BCUT2D eigenvalue weighted by Crippen LogP contribution is -2.49. The number of likely N-dealkylation sites (tertiary alicyclic amines) is 1. The number of nitrogens with zero attached hydrogens (tertiary/aromatic N) is 1. The average Bonchev–Trinajstić information content (AvgIpc) is 2.80. The van der Waals surface area contributed by atoms with Crippen molar-refractivity contribution in [3.05, 3.63) is 63.7 Å². The van der Waals surface area contributed by atoms with Crippen LogP contribution in [0.1, 0.15) is 76.1 Å². The number of hydrogen-bond acceptors (Lipinski definition) is 5. The summed E-state index contributed by atoms with van der Waals surface area (Å²) in [6.45, 7) is 11.5. The van der Waals surface area contributed by atoms with E-state index in [0.717, 1.165) is 41.5 Å². The summed E-state index contributed by atoms with van der Waals surface area (Å²) in [4.78, 5) is 39.8. The van der Waals surface area contributed by atoms with E-state index in [1.54, 1.807) is 24.3 Å². The van der Waals surface area contributed by atoms with E-state index in [0.29, 0.717) is 16.9 Å². The van der Waals surface area contributed by atoms with Crippen molar-refractivity contribution in [2.75, 3.05) is 13.2 Å². The minimum absolute atomic E-state index is 0.0290. The van der Waals surface area contributed by atoms with Crippen LogP contribution in [0.4, 0.5) is 0 Å². The number of esters is 1. The number of aryl methyl sites for hydroxylation is 2. The first-order valence-electron chi connectivity index (χ1n) is 11.9. The molecule has 34 heavy (non-hydrogen) atoms. The fourth-order valence-electron chi connectivity index (χ4n) is 4.74. The molecule has 1 saturated heterocycles. The van der Waals surface area contributed by atoms with Gasteiger partial charge in [-0.2, -0.15) is 0 Å². The van der Waals surface area contributed by atoms with Crippen LogP contribution in [0, 0.1) is 27.7 Å². The van der Waals surface area contributed by atoms with E-state index < -0.39 is 5.97 Å². The molecule has 1 fully saturated rings. The molecule has 3 rings (SSSR count). The molecule has 2 aromatic carbocycles. The second kappa shape index (κ2) is 10.9. The molecule has 1 aliphatic rings. The Kier molecular flexibility index (Phi) is 8.13. The minimum Gasteiger partial charge on any atom is -0.484 e. The number of ether oxygens (including phenoxy) is 2. The molecule has 0 unspecified atom stereocenters. The Labute approximate surface area is 202 Å². The number of hydrogen-bond donors (Lipinski definition) is 0. The van der Waals surface area contributed by atoms with E-state index >= 15 is 0 Å². The Morgan fingerprint density at radius 3 is 2.00 bits per heavy atom. The number of ketones is 1. The highest BCUT2D eigenvalue weighted by atomic mass is 16.5. The zero-order chi connectivity index (χ0) is 25.0. The number of carbonyl (C=O) groups excluding carboxylic acids is 3. The van der Waals surface area contributed by atoms with Crippen molar-refractivity contribution in [2.45, 2.75) is 72.9 Å². The first-order valence-corrected chi connectivity index (χ1v) is 11.9. The van der Waals surface area contributed by atoms with Gasteiger partial charge >= 0.3 is 5.97 Å². The first-order chi connectivity index (χ1) is 16.1. The molecular formula is C28H35NO5. The molecule has 0 spiro atoms. The predicted molar refractivity (Wildman–Crippen MR) is 132 cm³/mol. The van der Waals surface area contributed by atoms with Crippen LogP contribution in [-0.4, -0.2) is 47.9 Å². The number of benzene rings is 2. The molecular weight excluding hydrogens is 430 g/mol. The van der Waals surface area contributed by atoms with E-state index in [1.807, 2.05) is 32.6 Å². The van der Waals surface area contributed by atoms with Gasteiger partial charge in [0.05, 0.1) is 5.56 Å². The summed E-state index contributed by atoms with van der Waals surface area (Å²) in [5, 5.41) is 0. The highest BCUT2D eigenvalue weighted by molar-refractivity contribution is 6.02. The molecule has 6 nitrogen and oxygen atoms in total. The number of Topliss-reactive ketones (excluding diaryl/α,β-unsaturated/α-hetero) is 1. The highest BCUT2D eigenvalue weighted by Gasteiger charge is 2.29. The van der Waals surface area contributed by atoms with Gasteiger partial charge < -0.3 is 14.4 Å². The second-order valence-electron chi connectivity index (χ2n) is 9.38. The van der Waals surface area contributed by atoms with Gasteiger partial charge in [0, 0.05) is 17.6 Å². The third kappa shape index (κ3) is 5.66. The maximum Gasteiger partial charge on any atom is 0.338 e. The summed E-state index contributed by atoms with van der Waals surface area (Å²) in [5.74, 6) is -0.320. The van der Waals surface area contributed by atoms with Crippen molar-refractivity contribution in [3.63, 3.8) is 0 Å². The Morgan fingerprint density at radius 1 is 0.882 bits per heavy atom. The van der Waals surface area contributed by atoms with E-state index in [4.69, 9.17) is 9.47 Å². The third-order valence-corrected chi connectivity index (χ3v) is 6.91. The molecule has 0 radical (unpaired) electrons. The Balaban J connectivity index is 1.55. The van der Waals surface area contributed by atoms with Gasteiger partial charge in [0.25, 0.3) is 5.91 Å². The molecule has 0 aliphatic carbocycles. The maximum atomic E-state index is 12.8. The fraction of sp³-hybridized carbons (Fsp3) is 0.464. The largest absolute Gasteiger partial charge is 0.484 e. The average molecular weight is 466 g/mol. The normalized spacial score (nSPS) is 17.9. The predicted octanol–water partition coefficient (Wildman–Crippen LogP) is 5.13. The van der Waals surface area contributed by atoms with Crippen LogP contribution < -0.4 is 4.74 Å². The molecule has 2 atom stereocenters. The molecule has 2 aromatic rings. The van der Waals surface area contributed by atoms with E-state index in [9.17, 15) is 14.4 Å². The van der Waals surface area contributed by atoms with Crippen LogP contribution in [0.15, 0.2) is 30.3 Å². The maximum absolute atomic E-state index is 12.8. The topological polar surface area (TPSA) is 72.9 Å². The van der Waals surface area contributed by atoms with Gasteiger partial charge in [-0.25, -0.2) is 4.79 Å². The Morgan fingerprint density at radius 2 is 1.44 bits per heavy atom. The highest BCUT2D eigenvalue weighted by Crippen LogP contribution is 2.24. The lowest BCUT2D eigenvalue weighted by molar-refractivity contribution is -0.139. The van der Waals surface area contributed by atoms with Crippen LogP contribution in [0.2, 0.25) is 0 Å². The smallest absolute Gasteiger partial charge is 0.338 e. The van der Waals surface area contributed by atoms with Gasteiger partial charge in [0.2, 0.25) is 5.78 Å². The molecule has 1 amide bonds. The lowest BCUT2D eigenvalue weighted by Gasteiger charge is -2.38. The second-order valence-corrected chi connectivity index (χ2v) is 9.38. The fourth-order valence-corrected chi connectivity index (χ4v) is 4.74. The van der Waals surface area contributed by atoms with Gasteiger partial charge in [-0.1, -0.05) is 6.07 Å². The lowest BCUT2D eigenvalue weighted by atomic mass is 9.92. The van der Waals surface area contributed by atoms with Crippen molar-refractivity contribution < 1.29 is 23.9 Å². The molecule has 1 aliphatic heterocycles. The summed E-state index contributed by atoms with van der Waals surface area (Å²) >= 11 is 0. The van der Waals surface area contributed by atoms with Crippen molar-refractivity contribution in [1.29, 1.82) is 0 Å². The van der Waals surface area contributed by atoms with Crippen molar-refractivity contribution in [3.8, 4) is 5.75 Å². The van der Waals surface area contributed by atoms with Gasteiger partial charge in [0.1, 0.15) is 5.75 Å². The standard InChI is InChI=1S/C28H35NO5/c1-17-14-18(2)22(6)27(21(17)5)25(30)15-34-28(32)23-10-12-24(13-11-23)33-16-26(31)29-19(3)8-7-9-20(29)4/h10-14,19-20H,7-9,15-16H2,1-6H3/t19-,20+. The monoisotopic (exact) mass is 465 g/mol. The van der Waals surface area contributed by atoms with Crippen LogP contribution in [-0.2, 0) is 9.53 Å². The Bertz CT molecular complexity index is 1040. The molecule has 6 heteroatoms. The summed E-state index contributed by atoms with van der Waals surface area (Å²) in [6.07, 6.45) is 3.16. The van der Waals surface area contributed by atoms with Crippen LogP contribution >= 0.6 is 0 Å². The molecule has 182 valence electrons. The molecule has 0 N–H and O–H groups in total. The molecule has 1 heterocycles. The first kappa shape index (κ1) is 25.5. The number of carbonyl (C=O) groups is 3. The summed E-state index contributed by atoms with van der Waals surface area (Å²) in [5.41, 5.74) is 4.84. The van der Waals surface area contributed by atoms with Gasteiger partial charge in [-0.3, -0.25) is 9.59 Å². The van der Waals surface area contributed by atoms with Crippen LogP contribution in [0.25, 0.3) is 0 Å². The molecule has 0 aromatic heterocycles. The van der Waals surface area contributed by atoms with E-state index in [1.165, 1.54) is 0 Å². The SMILES string of the molecule is Cc1cc(C)c(C)c(C(=O)COC(=O)c2ccc(OCC(=O)N3[C@H](C)CCC[C@@H]3C)cc2)c1C. The van der Waals surface area contributed by atoms with Crippen LogP contribution in [0.5, 0.6) is 5.75 Å². The van der Waals surface area contributed by atoms with Crippen molar-refractivity contribution in [2.24, 2.45) is 0 Å². The Hall–Kier alpha value is -3.15. The van der Waals surface area contributed by atoms with Gasteiger partial charge in [0.15, 0.2) is 13.2 Å². The number of rotatable bonds is 7. The summed E-state index contributed by atoms with van der Waals surface area (Å²) < 4.78 is 10.9. The molecule has 0 saturated carbocycles. The number of piperidine rings is 1. The quantitative estimate of drug-likeness (QED) is 0.419. The molecule has 0 bridgehead atoms. The number of amides is 1. The zero-order valence-corrected chi connectivity index (χ0v) is 21.1. The van der Waals surface area contributed by atoms with E-state index in [-0.39, 0.29) is 37.0 Å². The summed E-state index contributed by atoms with van der Waals surface area (Å²) in [6, 6.07) is 8.91. The van der Waals surface area contributed by atoms with Gasteiger partial charge in [-0.05, 0) is 107 Å². The minimum atomic E-state index is -0.577. The zero-order valence-electron chi connectivity index (χ0n) is 21.1.